The number of carbonyl (C=O) groups excluding carboxylic acids is 2. The number of carbonyl (C=O) groups is 2. The molecule has 0 spiro atoms. The topological polar surface area (TPSA) is 124 Å². The fraction of sp³-hybridized carbons (Fsp3) is 0.583. The lowest BCUT2D eigenvalue weighted by atomic mass is 9.71. The quantitative estimate of drug-likeness (QED) is 0.218. The second kappa shape index (κ2) is 12.8. The van der Waals surface area contributed by atoms with Crippen LogP contribution in [0, 0.1) is 32.1 Å². The number of fused-ring (bicyclic) bond motifs is 9. The Hall–Kier alpha value is -3.81. The average molecular weight is 631 g/mol. The molecular formula is C36H46N4O6. The van der Waals surface area contributed by atoms with Crippen molar-refractivity contribution in [1.29, 1.82) is 5.26 Å². The molecule has 0 radical (unpaired) electrons. The van der Waals surface area contributed by atoms with E-state index in [2.05, 4.69) is 41.2 Å². The number of nitriles is 1. The molecule has 5 atom stereocenters. The minimum atomic E-state index is -0.510. The summed E-state index contributed by atoms with van der Waals surface area (Å²) in [7, 11) is 2.06. The molecule has 1 amide bonds. The highest BCUT2D eigenvalue weighted by Crippen LogP contribution is 2.57. The zero-order valence-electron chi connectivity index (χ0n) is 27.9. The summed E-state index contributed by atoms with van der Waals surface area (Å²) in [5.74, 6) is 1.56. The number of phenolic OH excluding ortho intramolecular Hbond substituents is 1. The minimum absolute atomic E-state index is 0.0407. The number of phenols is 1. The Kier molecular flexibility index (Phi) is 8.92. The normalized spacial score (nSPS) is 24.4. The van der Waals surface area contributed by atoms with E-state index >= 15 is 0 Å². The van der Waals surface area contributed by atoms with Crippen molar-refractivity contribution in [2.24, 2.45) is 0 Å². The maximum absolute atomic E-state index is 13.2. The van der Waals surface area contributed by atoms with Crippen LogP contribution in [0.1, 0.15) is 103 Å². The molecule has 2 N–H and O–H groups in total. The molecule has 4 heterocycles. The first kappa shape index (κ1) is 32.1. The Balaban J connectivity index is 1.52. The Labute approximate surface area is 271 Å². The van der Waals surface area contributed by atoms with Crippen molar-refractivity contribution < 1.29 is 28.9 Å². The first-order valence-corrected chi connectivity index (χ1v) is 16.8. The van der Waals surface area contributed by atoms with Gasteiger partial charge in [-0.2, -0.15) is 5.26 Å². The second-order valence-electron chi connectivity index (χ2n) is 13.3. The highest BCUT2D eigenvalue weighted by molar-refractivity contribution is 5.76. The molecular weight excluding hydrogens is 584 g/mol. The molecule has 0 aliphatic carbocycles. The predicted octanol–water partition coefficient (Wildman–Crippen LogP) is 5.22. The molecule has 4 aliphatic rings. The van der Waals surface area contributed by atoms with Crippen molar-refractivity contribution in [3.63, 3.8) is 0 Å². The predicted molar refractivity (Wildman–Crippen MR) is 172 cm³/mol. The number of piperazine rings is 1. The van der Waals surface area contributed by atoms with Gasteiger partial charge < -0.3 is 24.6 Å². The molecule has 10 nitrogen and oxygen atoms in total. The van der Waals surface area contributed by atoms with Crippen molar-refractivity contribution in [3.8, 4) is 29.1 Å². The van der Waals surface area contributed by atoms with Gasteiger partial charge >= 0.3 is 5.97 Å². The Bertz CT molecular complexity index is 1600. The highest BCUT2D eigenvalue weighted by Gasteiger charge is 2.56. The van der Waals surface area contributed by atoms with Crippen LogP contribution < -0.4 is 19.5 Å². The first-order valence-electron chi connectivity index (χ1n) is 16.8. The lowest BCUT2D eigenvalue weighted by Gasteiger charge is -2.60. The van der Waals surface area contributed by atoms with Gasteiger partial charge in [-0.1, -0.05) is 32.8 Å². The summed E-state index contributed by atoms with van der Waals surface area (Å²) < 4.78 is 18.1. The monoisotopic (exact) mass is 630 g/mol. The third kappa shape index (κ3) is 5.18. The first-order chi connectivity index (χ1) is 22.1. The van der Waals surface area contributed by atoms with Gasteiger partial charge in [0.05, 0.1) is 18.2 Å². The number of rotatable bonds is 9. The third-order valence-corrected chi connectivity index (χ3v) is 10.6. The number of unbranched alkanes of at least 4 members (excludes halogenated alkanes) is 2. The molecule has 1 fully saturated rings. The molecule has 2 aromatic rings. The number of aryl methyl sites for hydroxylation is 1. The maximum Gasteiger partial charge on any atom is 0.311 e. The molecule has 246 valence electrons. The molecule has 6 rings (SSSR count). The van der Waals surface area contributed by atoms with Gasteiger partial charge in [0.2, 0.25) is 12.7 Å². The van der Waals surface area contributed by atoms with Crippen molar-refractivity contribution in [3.05, 3.63) is 45.0 Å². The summed E-state index contributed by atoms with van der Waals surface area (Å²) in [5.41, 5.74) is 6.19. The largest absolute Gasteiger partial charge is 0.507 e. The molecule has 1 saturated heterocycles. The maximum atomic E-state index is 13.2. The lowest BCUT2D eigenvalue weighted by Crippen LogP contribution is -2.68. The molecule has 0 saturated carbocycles. The number of esters is 1. The summed E-state index contributed by atoms with van der Waals surface area (Å²) in [6.45, 7) is 10.2. The molecule has 46 heavy (non-hydrogen) atoms. The smallest absolute Gasteiger partial charge is 0.311 e. The van der Waals surface area contributed by atoms with Gasteiger partial charge in [0.15, 0.2) is 11.5 Å². The van der Waals surface area contributed by atoms with Gasteiger partial charge in [-0.05, 0) is 70.2 Å². The number of likely N-dealkylation sites (N-methyl/N-ethyl adjacent to an activating group) is 1. The molecule has 2 bridgehead atoms. The van der Waals surface area contributed by atoms with Gasteiger partial charge in [0, 0.05) is 53.7 Å². The van der Waals surface area contributed by atoms with E-state index in [0.717, 1.165) is 59.1 Å². The summed E-state index contributed by atoms with van der Waals surface area (Å²) in [4.78, 5) is 30.5. The van der Waals surface area contributed by atoms with E-state index in [9.17, 15) is 20.0 Å². The van der Waals surface area contributed by atoms with Crippen LogP contribution >= 0.6 is 0 Å². The number of hydrogen-bond donors (Lipinski definition) is 2. The fourth-order valence-corrected chi connectivity index (χ4v) is 8.23. The van der Waals surface area contributed by atoms with Gasteiger partial charge in [-0.3, -0.25) is 19.4 Å². The number of ether oxygens (including phenoxy) is 3. The van der Waals surface area contributed by atoms with E-state index in [4.69, 9.17) is 14.2 Å². The van der Waals surface area contributed by atoms with Crippen molar-refractivity contribution >= 4 is 11.9 Å². The second-order valence-corrected chi connectivity index (χ2v) is 13.3. The van der Waals surface area contributed by atoms with Crippen LogP contribution in [0.15, 0.2) is 6.07 Å². The van der Waals surface area contributed by atoms with E-state index in [1.165, 1.54) is 0 Å². The molecule has 0 aromatic heterocycles. The van der Waals surface area contributed by atoms with Crippen LogP contribution in [0.4, 0.5) is 0 Å². The van der Waals surface area contributed by atoms with Crippen LogP contribution in [-0.2, 0) is 22.4 Å². The van der Waals surface area contributed by atoms with Crippen molar-refractivity contribution in [2.75, 3.05) is 20.4 Å². The molecule has 1 unspecified atom stereocenters. The zero-order chi connectivity index (χ0) is 32.9. The Morgan fingerprint density at radius 3 is 2.52 bits per heavy atom. The van der Waals surface area contributed by atoms with Gasteiger partial charge in [-0.25, -0.2) is 0 Å². The number of benzene rings is 2. The van der Waals surface area contributed by atoms with Crippen LogP contribution in [0.5, 0.6) is 23.0 Å². The van der Waals surface area contributed by atoms with Crippen LogP contribution in [0.3, 0.4) is 0 Å². The van der Waals surface area contributed by atoms with Crippen LogP contribution in [0.2, 0.25) is 0 Å². The summed E-state index contributed by atoms with van der Waals surface area (Å²) >= 11 is 0. The number of hydrogen-bond acceptors (Lipinski definition) is 9. The number of nitrogens with zero attached hydrogens (tertiary/aromatic N) is 3. The SMILES string of the molecule is CCCCCC(=O)Oc1c(C)c(C)cc2c1[C@@H]1C3Cc4c(O)c(C)c5c(c4[C@H](CNC(=O)CCC)N3[C@@H](C#N)[C@H](C2)N1C)OCO5. The van der Waals surface area contributed by atoms with Gasteiger partial charge in [0.1, 0.15) is 17.5 Å². The van der Waals surface area contributed by atoms with Crippen molar-refractivity contribution in [2.45, 2.75) is 116 Å². The molecule has 2 aromatic carbocycles. The molecule has 10 heteroatoms. The summed E-state index contributed by atoms with van der Waals surface area (Å²) in [6.07, 6.45) is 5.30. The van der Waals surface area contributed by atoms with Gasteiger partial charge in [-0.15, -0.1) is 0 Å². The van der Waals surface area contributed by atoms with Crippen LogP contribution in [-0.4, -0.2) is 65.3 Å². The Morgan fingerprint density at radius 1 is 1.04 bits per heavy atom. The highest BCUT2D eigenvalue weighted by atomic mass is 16.7. The third-order valence-electron chi connectivity index (χ3n) is 10.6. The van der Waals surface area contributed by atoms with Crippen molar-refractivity contribution in [1.82, 2.24) is 15.1 Å². The molecule has 4 aliphatic heterocycles. The number of amides is 1. The van der Waals surface area contributed by atoms with Gasteiger partial charge in [0.25, 0.3) is 0 Å². The number of nitrogens with one attached hydrogen (secondary N) is 1. The zero-order valence-corrected chi connectivity index (χ0v) is 27.9. The fourth-order valence-electron chi connectivity index (χ4n) is 8.23. The average Bonchev–Trinajstić information content (AvgIpc) is 3.52. The summed E-state index contributed by atoms with van der Waals surface area (Å²) in [6, 6.07) is 3.22. The minimum Gasteiger partial charge on any atom is -0.507 e. The van der Waals surface area contributed by atoms with E-state index in [0.29, 0.717) is 48.5 Å². The van der Waals surface area contributed by atoms with E-state index < -0.39 is 12.1 Å². The van der Waals surface area contributed by atoms with E-state index in [1.807, 2.05) is 27.7 Å². The van der Waals surface area contributed by atoms with E-state index in [-0.39, 0.29) is 49.1 Å². The standard InChI is InChI=1S/C36H46N4O6/c1-7-9-10-12-29(42)46-34-20(4)19(3)13-22-14-24-26(16-37)40-25(32(30(22)34)39(24)6)15-23-31(27(40)17-38-28(41)11-8-2)36-35(44-18-45-36)21(5)33(23)43/h13,24-27,32,43H,7-12,14-15,17-18H2,1-6H3,(H,38,41)/t24-,25?,26-,27-,32-/m0/s1. The summed E-state index contributed by atoms with van der Waals surface area (Å²) in [5, 5.41) is 25.6. The van der Waals surface area contributed by atoms with E-state index in [1.54, 1.807) is 0 Å². The lowest BCUT2D eigenvalue weighted by molar-refractivity contribution is -0.134. The Morgan fingerprint density at radius 2 is 1.80 bits per heavy atom. The number of aromatic hydroxyl groups is 1. The van der Waals surface area contributed by atoms with Crippen LogP contribution in [0.25, 0.3) is 0 Å².